The van der Waals surface area contributed by atoms with E-state index in [1.807, 2.05) is 0 Å². The van der Waals surface area contributed by atoms with Crippen LogP contribution in [0.2, 0.25) is 0 Å². The zero-order chi connectivity index (χ0) is 14.2. The van der Waals surface area contributed by atoms with Gasteiger partial charge in [0.1, 0.15) is 0 Å². The molecule has 4 N–H and O–H groups in total. The number of hydrogen-bond donors (Lipinski definition) is 3. The summed E-state index contributed by atoms with van der Waals surface area (Å²) in [6.45, 7) is 0. The molecule has 0 unspecified atom stereocenters. The molecule has 8 heteroatoms. The summed E-state index contributed by atoms with van der Waals surface area (Å²) >= 11 is 0. The van der Waals surface area contributed by atoms with Crippen molar-refractivity contribution < 1.29 is 22.7 Å². The van der Waals surface area contributed by atoms with Gasteiger partial charge in [0, 0.05) is 6.04 Å². The minimum Gasteiger partial charge on any atom is -0.492 e. The Hall–Kier alpha value is -1.38. The number of hydrogen-bond acceptors (Lipinski definition) is 5. The van der Waals surface area contributed by atoms with E-state index in [9.17, 15) is 12.8 Å². The van der Waals surface area contributed by atoms with Gasteiger partial charge in [-0.3, -0.25) is 0 Å². The molecular weight excluding hydrogens is 275 g/mol. The quantitative estimate of drug-likeness (QED) is 0.688. The van der Waals surface area contributed by atoms with E-state index in [-0.39, 0.29) is 22.4 Å². The smallest absolute Gasteiger partial charge is 0.241 e. The molecule has 0 aliphatic heterocycles. The number of halogens is 1. The maximum absolute atomic E-state index is 13.6. The van der Waals surface area contributed by atoms with Crippen molar-refractivity contribution in [2.24, 2.45) is 0 Å². The second kappa shape index (κ2) is 4.95. The largest absolute Gasteiger partial charge is 0.492 e. The maximum atomic E-state index is 13.6. The predicted octanol–water partition coefficient (Wildman–Crippen LogP) is 0.218. The van der Waals surface area contributed by atoms with Crippen LogP contribution in [-0.4, -0.2) is 32.8 Å². The molecule has 1 aromatic rings. The van der Waals surface area contributed by atoms with E-state index in [4.69, 9.17) is 15.6 Å². The number of aliphatic hydroxyl groups is 1. The number of aliphatic hydroxyl groups excluding tert-OH is 1. The van der Waals surface area contributed by atoms with Crippen molar-refractivity contribution in [2.45, 2.75) is 29.9 Å². The number of methoxy groups -OCH3 is 1. The summed E-state index contributed by atoms with van der Waals surface area (Å²) in [4.78, 5) is -0.260. The minimum absolute atomic E-state index is 0.0866. The summed E-state index contributed by atoms with van der Waals surface area (Å²) in [5, 5.41) is 9.11. The summed E-state index contributed by atoms with van der Waals surface area (Å²) in [5.74, 6) is -1.02. The van der Waals surface area contributed by atoms with Gasteiger partial charge >= 0.3 is 0 Å². The number of nitrogens with one attached hydrogen (secondary N) is 1. The Bertz CT molecular complexity index is 561. The van der Waals surface area contributed by atoms with Crippen molar-refractivity contribution in [3.8, 4) is 5.75 Å². The fraction of sp³-hybridized carbons (Fsp3) is 0.455. The zero-order valence-corrected chi connectivity index (χ0v) is 11.1. The minimum atomic E-state index is -3.85. The topological polar surface area (TPSA) is 102 Å². The van der Waals surface area contributed by atoms with Crippen LogP contribution in [0.3, 0.4) is 0 Å². The van der Waals surface area contributed by atoms with Gasteiger partial charge in [0.05, 0.1) is 23.8 Å². The SMILES string of the molecule is COc1c(N)cc(S(=O)(=O)NC2CC(O)C2)cc1F. The summed E-state index contributed by atoms with van der Waals surface area (Å²) in [7, 11) is -2.60. The second-order valence-electron chi connectivity index (χ2n) is 4.47. The van der Waals surface area contributed by atoms with Crippen LogP contribution in [0.4, 0.5) is 10.1 Å². The molecular formula is C11H15FN2O4S. The molecule has 0 amide bonds. The van der Waals surface area contributed by atoms with Crippen LogP contribution >= 0.6 is 0 Å². The van der Waals surface area contributed by atoms with Gasteiger partial charge in [0.25, 0.3) is 0 Å². The average Bonchev–Trinajstić information content (AvgIpc) is 2.26. The van der Waals surface area contributed by atoms with E-state index in [0.29, 0.717) is 12.8 Å². The number of anilines is 1. The molecule has 0 atom stereocenters. The van der Waals surface area contributed by atoms with Crippen molar-refractivity contribution in [1.82, 2.24) is 4.72 Å². The zero-order valence-electron chi connectivity index (χ0n) is 10.3. The lowest BCUT2D eigenvalue weighted by Crippen LogP contribution is -2.46. The number of ether oxygens (including phenoxy) is 1. The Balaban J connectivity index is 2.25. The van der Waals surface area contributed by atoms with E-state index in [1.54, 1.807) is 0 Å². The summed E-state index contributed by atoms with van der Waals surface area (Å²) in [5.41, 5.74) is 5.44. The van der Waals surface area contributed by atoms with E-state index < -0.39 is 21.9 Å². The molecule has 1 aliphatic rings. The highest BCUT2D eigenvalue weighted by Crippen LogP contribution is 2.29. The number of rotatable bonds is 4. The van der Waals surface area contributed by atoms with E-state index in [1.165, 1.54) is 7.11 Å². The van der Waals surface area contributed by atoms with Gasteiger partial charge in [-0.15, -0.1) is 0 Å². The highest BCUT2D eigenvalue weighted by Gasteiger charge is 2.31. The molecule has 106 valence electrons. The average molecular weight is 290 g/mol. The molecule has 1 aromatic carbocycles. The first-order valence-corrected chi connectivity index (χ1v) is 7.15. The van der Waals surface area contributed by atoms with Gasteiger partial charge in [0.2, 0.25) is 10.0 Å². The number of nitrogen functional groups attached to an aromatic ring is 1. The lowest BCUT2D eigenvalue weighted by Gasteiger charge is -2.31. The molecule has 0 spiro atoms. The molecule has 0 bridgehead atoms. The number of benzene rings is 1. The van der Waals surface area contributed by atoms with Gasteiger partial charge in [-0.1, -0.05) is 0 Å². The van der Waals surface area contributed by atoms with Gasteiger partial charge < -0.3 is 15.6 Å². The van der Waals surface area contributed by atoms with Crippen LogP contribution in [-0.2, 0) is 10.0 Å². The van der Waals surface area contributed by atoms with Crippen molar-refractivity contribution in [3.05, 3.63) is 17.9 Å². The normalized spacial score (nSPS) is 22.9. The third-order valence-electron chi connectivity index (χ3n) is 3.00. The van der Waals surface area contributed by atoms with Crippen LogP contribution in [0, 0.1) is 5.82 Å². The number of sulfonamides is 1. The van der Waals surface area contributed by atoms with Gasteiger partial charge in [-0.05, 0) is 25.0 Å². The Labute approximate surface area is 110 Å². The standard InChI is InChI=1S/C11H15FN2O4S/c1-18-11-9(12)4-8(5-10(11)13)19(16,17)14-6-2-7(15)3-6/h4-7,14-15H,2-3,13H2,1H3. The second-order valence-corrected chi connectivity index (χ2v) is 6.18. The highest BCUT2D eigenvalue weighted by atomic mass is 32.2. The third-order valence-corrected chi connectivity index (χ3v) is 4.50. The fourth-order valence-corrected chi connectivity index (χ4v) is 3.24. The predicted molar refractivity (Wildman–Crippen MR) is 66.7 cm³/mol. The van der Waals surface area contributed by atoms with E-state index in [2.05, 4.69) is 4.72 Å². The third kappa shape index (κ3) is 2.80. The Morgan fingerprint density at radius 3 is 2.58 bits per heavy atom. The lowest BCUT2D eigenvalue weighted by atomic mass is 9.91. The molecule has 1 aliphatic carbocycles. The van der Waals surface area contributed by atoms with Gasteiger partial charge in [0.15, 0.2) is 11.6 Å². The maximum Gasteiger partial charge on any atom is 0.241 e. The van der Waals surface area contributed by atoms with Gasteiger partial charge in [-0.25, -0.2) is 17.5 Å². The first-order valence-electron chi connectivity index (χ1n) is 5.67. The van der Waals surface area contributed by atoms with Gasteiger partial charge in [-0.2, -0.15) is 0 Å². The van der Waals surface area contributed by atoms with Crippen molar-refractivity contribution in [3.63, 3.8) is 0 Å². The monoisotopic (exact) mass is 290 g/mol. The molecule has 0 radical (unpaired) electrons. The number of nitrogens with two attached hydrogens (primary N) is 1. The van der Waals surface area contributed by atoms with Crippen molar-refractivity contribution in [2.75, 3.05) is 12.8 Å². The first kappa shape index (κ1) is 14.0. The Kier molecular flexibility index (Phi) is 3.66. The molecule has 0 heterocycles. The summed E-state index contributed by atoms with van der Waals surface area (Å²) in [6.07, 6.45) is 0.228. The van der Waals surface area contributed by atoms with Crippen LogP contribution in [0.25, 0.3) is 0 Å². The van der Waals surface area contributed by atoms with E-state index >= 15 is 0 Å². The van der Waals surface area contributed by atoms with E-state index in [0.717, 1.165) is 12.1 Å². The van der Waals surface area contributed by atoms with Crippen LogP contribution in [0.1, 0.15) is 12.8 Å². The Morgan fingerprint density at radius 2 is 2.11 bits per heavy atom. The van der Waals surface area contributed by atoms with Crippen molar-refractivity contribution in [1.29, 1.82) is 0 Å². The van der Waals surface area contributed by atoms with Crippen molar-refractivity contribution >= 4 is 15.7 Å². The highest BCUT2D eigenvalue weighted by molar-refractivity contribution is 7.89. The lowest BCUT2D eigenvalue weighted by molar-refractivity contribution is 0.0712. The first-order chi connectivity index (χ1) is 8.83. The molecule has 0 saturated heterocycles. The fourth-order valence-electron chi connectivity index (χ4n) is 1.93. The molecule has 6 nitrogen and oxygen atoms in total. The molecule has 19 heavy (non-hydrogen) atoms. The molecule has 2 rings (SSSR count). The van der Waals surface area contributed by atoms with Crippen LogP contribution in [0.15, 0.2) is 17.0 Å². The molecule has 1 fully saturated rings. The summed E-state index contributed by atoms with van der Waals surface area (Å²) < 4.78 is 44.7. The van der Waals surface area contributed by atoms with Crippen LogP contribution in [0.5, 0.6) is 5.75 Å². The Morgan fingerprint density at radius 1 is 1.47 bits per heavy atom. The molecule has 1 saturated carbocycles. The summed E-state index contributed by atoms with van der Waals surface area (Å²) in [6, 6.07) is 1.66. The van der Waals surface area contributed by atoms with Crippen LogP contribution < -0.4 is 15.2 Å². The molecule has 0 aromatic heterocycles.